The molecule has 1 aliphatic carbocycles. The van der Waals surface area contributed by atoms with Crippen LogP contribution in [0.15, 0.2) is 0 Å². The predicted molar refractivity (Wildman–Crippen MR) is 54.7 cm³/mol. The second kappa shape index (κ2) is 5.07. The molecule has 0 aromatic rings. The highest BCUT2D eigenvalue weighted by Crippen LogP contribution is 2.34. The molecule has 3 N–H and O–H groups in total. The molecule has 1 fully saturated rings. The van der Waals surface area contributed by atoms with Crippen molar-refractivity contribution in [1.29, 1.82) is 0 Å². The van der Waals surface area contributed by atoms with E-state index in [1.54, 1.807) is 0 Å². The molecule has 1 aliphatic rings. The van der Waals surface area contributed by atoms with E-state index >= 15 is 0 Å². The van der Waals surface area contributed by atoms with E-state index in [2.05, 4.69) is 20.8 Å². The summed E-state index contributed by atoms with van der Waals surface area (Å²) in [6.07, 6.45) is 3.39. The van der Waals surface area contributed by atoms with Gasteiger partial charge in [0, 0.05) is 0 Å². The van der Waals surface area contributed by atoms with Crippen LogP contribution in [0.5, 0.6) is 0 Å². The molecule has 0 spiro atoms. The summed E-state index contributed by atoms with van der Waals surface area (Å²) in [5.41, 5.74) is 0. The van der Waals surface area contributed by atoms with Crippen LogP contribution in [0.3, 0.4) is 0 Å². The van der Waals surface area contributed by atoms with E-state index in [-0.39, 0.29) is 6.10 Å². The van der Waals surface area contributed by atoms with Gasteiger partial charge >= 0.3 is 0 Å². The van der Waals surface area contributed by atoms with Gasteiger partial charge in [-0.1, -0.05) is 27.2 Å². The summed E-state index contributed by atoms with van der Waals surface area (Å²) in [6, 6.07) is 0. The molecule has 4 nitrogen and oxygen atoms in total. The van der Waals surface area contributed by atoms with Gasteiger partial charge in [-0.2, -0.15) is 4.84 Å². The summed E-state index contributed by atoms with van der Waals surface area (Å²) in [6.45, 7) is 6.56. The molecule has 0 saturated heterocycles. The minimum atomic E-state index is -0.630. The van der Waals surface area contributed by atoms with E-state index in [1.807, 2.05) is 0 Å². The second-order valence-electron chi connectivity index (χ2n) is 4.80. The average Bonchev–Trinajstić information content (AvgIpc) is 2.01. The monoisotopic (exact) mass is 202 g/mol. The molecule has 0 bridgehead atoms. The smallest absolute Gasteiger partial charge is 0.123 e. The van der Waals surface area contributed by atoms with Crippen LogP contribution in [-0.4, -0.2) is 6.10 Å². The van der Waals surface area contributed by atoms with E-state index in [1.165, 1.54) is 6.42 Å². The van der Waals surface area contributed by atoms with E-state index in [0.717, 1.165) is 12.8 Å². The fourth-order valence-electron chi connectivity index (χ4n) is 2.40. The highest BCUT2D eigenvalue weighted by atomic mass is 16.9. The molecule has 4 heteroatoms. The van der Waals surface area contributed by atoms with Crippen molar-refractivity contribution in [3.8, 4) is 0 Å². The Morgan fingerprint density at radius 2 is 2.07 bits per heavy atom. The third kappa shape index (κ3) is 3.20. The summed E-state index contributed by atoms with van der Waals surface area (Å²) in [5, 5.41) is 10.1. The highest BCUT2D eigenvalue weighted by Gasteiger charge is 2.33. The lowest BCUT2D eigenvalue weighted by Crippen LogP contribution is -3.13. The molecule has 84 valence electrons. The van der Waals surface area contributed by atoms with Crippen molar-refractivity contribution in [2.45, 2.75) is 46.1 Å². The maximum atomic E-state index is 10.7. The van der Waals surface area contributed by atoms with Crippen molar-refractivity contribution >= 4 is 0 Å². The highest BCUT2D eigenvalue weighted by molar-refractivity contribution is 4.80. The van der Waals surface area contributed by atoms with Gasteiger partial charge in [0.1, 0.15) is 6.10 Å². The number of hydrogen-bond acceptors (Lipinski definition) is 3. The van der Waals surface area contributed by atoms with Gasteiger partial charge < -0.3 is 5.21 Å². The Balaban J connectivity index is 2.54. The summed E-state index contributed by atoms with van der Waals surface area (Å²) in [7, 11) is 0. The first-order valence-electron chi connectivity index (χ1n) is 5.46. The summed E-state index contributed by atoms with van der Waals surface area (Å²) in [4.78, 5) is 5.17. The minimum Gasteiger partial charge on any atom is -0.580 e. The van der Waals surface area contributed by atoms with Crippen LogP contribution < -0.4 is 11.2 Å². The van der Waals surface area contributed by atoms with Gasteiger partial charge in [0.25, 0.3) is 0 Å². The molecule has 4 unspecified atom stereocenters. The third-order valence-electron chi connectivity index (χ3n) is 3.23. The molecule has 0 aromatic carbocycles. The van der Waals surface area contributed by atoms with E-state index in [4.69, 9.17) is 10.7 Å². The lowest BCUT2D eigenvalue weighted by atomic mass is 9.75. The van der Waals surface area contributed by atoms with Gasteiger partial charge in [0.2, 0.25) is 0 Å². The van der Waals surface area contributed by atoms with Crippen LogP contribution in [0.2, 0.25) is 0 Å². The van der Waals surface area contributed by atoms with E-state index in [9.17, 15) is 5.21 Å². The van der Waals surface area contributed by atoms with E-state index < -0.39 is 5.34 Å². The first kappa shape index (κ1) is 11.9. The number of nitrogens with two attached hydrogens (primary N) is 1. The SMILES string of the molecule is CC1CCC(C(C)C)C(O[NH+](N)[O-])C1. The van der Waals surface area contributed by atoms with Crippen LogP contribution >= 0.6 is 0 Å². The Hall–Kier alpha value is -0.160. The maximum absolute atomic E-state index is 10.7. The molecule has 0 amide bonds. The van der Waals surface area contributed by atoms with Crippen LogP contribution in [0.1, 0.15) is 40.0 Å². The second-order valence-corrected chi connectivity index (χ2v) is 4.80. The molecule has 0 aromatic heterocycles. The fourth-order valence-corrected chi connectivity index (χ4v) is 2.40. The topological polar surface area (TPSA) is 62.8 Å². The molecular weight excluding hydrogens is 180 g/mol. The summed E-state index contributed by atoms with van der Waals surface area (Å²) in [5.74, 6) is 6.76. The lowest BCUT2D eigenvalue weighted by Gasteiger charge is -2.36. The van der Waals surface area contributed by atoms with Gasteiger partial charge in [-0.15, -0.1) is 11.2 Å². The molecular formula is C10H22N2O2. The first-order chi connectivity index (χ1) is 6.50. The quantitative estimate of drug-likeness (QED) is 0.521. The predicted octanol–water partition coefficient (Wildman–Crippen LogP) is 0.635. The molecule has 0 radical (unpaired) electrons. The molecule has 14 heavy (non-hydrogen) atoms. The van der Waals surface area contributed by atoms with Gasteiger partial charge in [-0.25, -0.2) is 0 Å². The zero-order valence-corrected chi connectivity index (χ0v) is 9.32. The number of nitrogens with one attached hydrogen (secondary N) is 1. The Kier molecular flexibility index (Phi) is 4.31. The number of rotatable bonds is 3. The molecule has 1 rings (SSSR count). The van der Waals surface area contributed by atoms with Crippen LogP contribution in [0, 0.1) is 23.0 Å². The Bertz CT molecular complexity index is 172. The average molecular weight is 202 g/mol. The van der Waals surface area contributed by atoms with Crippen molar-refractivity contribution in [2.75, 3.05) is 0 Å². The molecule has 4 atom stereocenters. The normalized spacial score (nSPS) is 36.0. The van der Waals surface area contributed by atoms with Crippen molar-refractivity contribution in [3.05, 3.63) is 5.21 Å². The van der Waals surface area contributed by atoms with Gasteiger partial charge in [-0.3, -0.25) is 0 Å². The summed E-state index contributed by atoms with van der Waals surface area (Å²) >= 11 is 0. The Morgan fingerprint density at radius 3 is 2.57 bits per heavy atom. The van der Waals surface area contributed by atoms with Crippen LogP contribution in [0.4, 0.5) is 0 Å². The number of hydrogen-bond donors (Lipinski definition) is 2. The van der Waals surface area contributed by atoms with Gasteiger partial charge in [0.15, 0.2) is 0 Å². The van der Waals surface area contributed by atoms with Crippen LogP contribution in [0.25, 0.3) is 0 Å². The minimum absolute atomic E-state index is 0.0382. The van der Waals surface area contributed by atoms with Crippen molar-refractivity contribution in [2.24, 2.45) is 23.6 Å². The zero-order chi connectivity index (χ0) is 10.7. The molecule has 0 aliphatic heterocycles. The fraction of sp³-hybridized carbons (Fsp3) is 1.00. The standard InChI is InChI=1S/C10H22N2O2/c1-7(2)9-5-4-8(3)6-10(9)14-12(11)13/h7-10,12H,4-6,11H2,1-3H3. The zero-order valence-electron chi connectivity index (χ0n) is 9.32. The van der Waals surface area contributed by atoms with Crippen molar-refractivity contribution in [1.82, 2.24) is 0 Å². The number of quaternary nitrogens is 1. The molecule has 0 heterocycles. The largest absolute Gasteiger partial charge is 0.580 e. The van der Waals surface area contributed by atoms with Gasteiger partial charge in [0.05, 0.1) is 0 Å². The third-order valence-corrected chi connectivity index (χ3v) is 3.23. The van der Waals surface area contributed by atoms with Crippen molar-refractivity contribution < 1.29 is 10.2 Å². The first-order valence-corrected chi connectivity index (χ1v) is 5.46. The Labute approximate surface area is 85.9 Å². The van der Waals surface area contributed by atoms with Crippen molar-refractivity contribution in [3.63, 3.8) is 0 Å². The molecule has 1 saturated carbocycles. The van der Waals surface area contributed by atoms with E-state index in [0.29, 0.717) is 17.8 Å². The van der Waals surface area contributed by atoms with Crippen LogP contribution in [-0.2, 0) is 4.84 Å². The Morgan fingerprint density at radius 1 is 1.43 bits per heavy atom. The van der Waals surface area contributed by atoms with Gasteiger partial charge in [-0.05, 0) is 30.6 Å². The lowest BCUT2D eigenvalue weighted by molar-refractivity contribution is -1.07. The maximum Gasteiger partial charge on any atom is 0.123 e. The summed E-state index contributed by atoms with van der Waals surface area (Å²) < 4.78 is 0.